The van der Waals surface area contributed by atoms with Crippen LogP contribution in [0, 0.1) is 6.92 Å². The molecule has 1 rings (SSSR count). The minimum absolute atomic E-state index is 0.749. The number of aryl methyl sites for hydroxylation is 1. The second kappa shape index (κ2) is 4.78. The summed E-state index contributed by atoms with van der Waals surface area (Å²) in [4.78, 5) is 0. The highest BCUT2D eigenvalue weighted by atomic mass is 14.9. The zero-order chi connectivity index (χ0) is 8.81. The predicted molar refractivity (Wildman–Crippen MR) is 53.3 cm³/mol. The fourth-order valence-electron chi connectivity index (χ4n) is 1.09. The minimum atomic E-state index is 0.749. The van der Waals surface area contributed by atoms with Crippen molar-refractivity contribution in [3.05, 3.63) is 29.8 Å². The van der Waals surface area contributed by atoms with E-state index >= 15 is 0 Å². The molecule has 0 unspecified atom stereocenters. The van der Waals surface area contributed by atoms with Crippen molar-refractivity contribution < 1.29 is 0 Å². The third kappa shape index (κ3) is 2.93. The lowest BCUT2D eigenvalue weighted by Crippen LogP contribution is -2.08. The Labute approximate surface area is 73.8 Å². The lowest BCUT2D eigenvalue weighted by atomic mass is 10.2. The number of anilines is 1. The number of benzene rings is 1. The normalized spacial score (nSPS) is 9.83. The highest BCUT2D eigenvalue weighted by Crippen LogP contribution is 2.08. The van der Waals surface area contributed by atoms with E-state index in [0.29, 0.717) is 0 Å². The Morgan fingerprint density at radius 1 is 1.42 bits per heavy atom. The van der Waals surface area contributed by atoms with Crippen molar-refractivity contribution in [1.29, 1.82) is 0 Å². The fourth-order valence-corrected chi connectivity index (χ4v) is 1.09. The molecule has 1 aromatic rings. The van der Waals surface area contributed by atoms with Gasteiger partial charge in [-0.15, -0.1) is 0 Å². The van der Waals surface area contributed by atoms with E-state index in [1.807, 2.05) is 0 Å². The van der Waals surface area contributed by atoms with Gasteiger partial charge in [0.15, 0.2) is 0 Å². The lowest BCUT2D eigenvalue weighted by Gasteiger charge is -2.05. The highest BCUT2D eigenvalue weighted by Gasteiger charge is 1.89. The summed E-state index contributed by atoms with van der Waals surface area (Å²) >= 11 is 0. The molecule has 0 aliphatic heterocycles. The molecule has 0 aliphatic rings. The van der Waals surface area contributed by atoms with Gasteiger partial charge in [-0.05, 0) is 37.6 Å². The Hall–Kier alpha value is -1.02. The molecule has 0 saturated carbocycles. The Balaban J connectivity index is 2.41. The van der Waals surface area contributed by atoms with Crippen molar-refractivity contribution >= 4 is 5.69 Å². The summed E-state index contributed by atoms with van der Waals surface area (Å²) in [6.45, 7) is 3.80. The van der Waals surface area contributed by atoms with Crippen molar-refractivity contribution in [2.24, 2.45) is 5.73 Å². The zero-order valence-corrected chi connectivity index (χ0v) is 7.51. The number of hydrogen-bond acceptors (Lipinski definition) is 2. The van der Waals surface area contributed by atoms with Crippen molar-refractivity contribution in [3.8, 4) is 0 Å². The van der Waals surface area contributed by atoms with Crippen molar-refractivity contribution in [3.63, 3.8) is 0 Å². The molecule has 2 nitrogen and oxygen atoms in total. The number of nitrogens with two attached hydrogens (primary N) is 1. The Kier molecular flexibility index (Phi) is 3.61. The van der Waals surface area contributed by atoms with Crippen molar-refractivity contribution in [2.45, 2.75) is 13.3 Å². The molecule has 3 N–H and O–H groups in total. The standard InChI is InChI=1S/C10H16N2/c1-9-4-2-5-10(8-9)12-7-3-6-11/h2,4-5,8,12H,3,6-7,11H2,1H3. The SMILES string of the molecule is Cc1cccc(NCCCN)c1. The molecule has 0 heterocycles. The molecule has 0 bridgehead atoms. The minimum Gasteiger partial charge on any atom is -0.385 e. The second-order valence-corrected chi connectivity index (χ2v) is 2.94. The smallest absolute Gasteiger partial charge is 0.0342 e. The maximum atomic E-state index is 5.38. The Morgan fingerprint density at radius 3 is 2.92 bits per heavy atom. The molecule has 0 aliphatic carbocycles. The molecule has 0 fully saturated rings. The van der Waals surface area contributed by atoms with Crippen LogP contribution in [0.15, 0.2) is 24.3 Å². The lowest BCUT2D eigenvalue weighted by molar-refractivity contribution is 0.874. The predicted octanol–water partition coefficient (Wildman–Crippen LogP) is 1.76. The first-order valence-electron chi connectivity index (χ1n) is 4.33. The van der Waals surface area contributed by atoms with Gasteiger partial charge in [0.05, 0.1) is 0 Å². The third-order valence-corrected chi connectivity index (χ3v) is 1.73. The van der Waals surface area contributed by atoms with E-state index < -0.39 is 0 Å². The van der Waals surface area contributed by atoms with E-state index in [9.17, 15) is 0 Å². The van der Waals surface area contributed by atoms with E-state index in [4.69, 9.17) is 5.73 Å². The van der Waals surface area contributed by atoms with Gasteiger partial charge in [-0.2, -0.15) is 0 Å². The molecule has 66 valence electrons. The maximum Gasteiger partial charge on any atom is 0.0342 e. The summed E-state index contributed by atoms with van der Waals surface area (Å²) < 4.78 is 0. The van der Waals surface area contributed by atoms with E-state index in [1.54, 1.807) is 0 Å². The van der Waals surface area contributed by atoms with Crippen LogP contribution in [0.5, 0.6) is 0 Å². The molecule has 0 spiro atoms. The zero-order valence-electron chi connectivity index (χ0n) is 7.51. The van der Waals surface area contributed by atoms with Gasteiger partial charge >= 0.3 is 0 Å². The topological polar surface area (TPSA) is 38.0 Å². The average molecular weight is 164 g/mol. The van der Waals surface area contributed by atoms with E-state index in [1.165, 1.54) is 11.3 Å². The van der Waals surface area contributed by atoms with Crippen LogP contribution in [0.1, 0.15) is 12.0 Å². The van der Waals surface area contributed by atoms with Crippen molar-refractivity contribution in [1.82, 2.24) is 0 Å². The van der Waals surface area contributed by atoms with Crippen LogP contribution in [-0.4, -0.2) is 13.1 Å². The first kappa shape index (κ1) is 9.07. The Morgan fingerprint density at radius 2 is 2.25 bits per heavy atom. The van der Waals surface area contributed by atoms with Gasteiger partial charge in [-0.1, -0.05) is 12.1 Å². The van der Waals surface area contributed by atoms with Gasteiger partial charge < -0.3 is 11.1 Å². The fraction of sp³-hybridized carbons (Fsp3) is 0.400. The summed E-state index contributed by atoms with van der Waals surface area (Å²) in [6.07, 6.45) is 1.02. The van der Waals surface area contributed by atoms with Crippen LogP contribution < -0.4 is 11.1 Å². The van der Waals surface area contributed by atoms with Crippen LogP contribution in [0.25, 0.3) is 0 Å². The van der Waals surface area contributed by atoms with Crippen LogP contribution in [-0.2, 0) is 0 Å². The van der Waals surface area contributed by atoms with Crippen LogP contribution >= 0.6 is 0 Å². The molecule has 0 aromatic heterocycles. The average Bonchev–Trinajstić information content (AvgIpc) is 2.05. The summed E-state index contributed by atoms with van der Waals surface area (Å²) in [5, 5.41) is 3.31. The molecule has 0 atom stereocenters. The van der Waals surface area contributed by atoms with Gasteiger partial charge in [-0.25, -0.2) is 0 Å². The quantitative estimate of drug-likeness (QED) is 0.665. The van der Waals surface area contributed by atoms with Crippen LogP contribution in [0.4, 0.5) is 5.69 Å². The Bertz CT molecular complexity index is 233. The van der Waals surface area contributed by atoms with Gasteiger partial charge in [0, 0.05) is 12.2 Å². The van der Waals surface area contributed by atoms with Crippen molar-refractivity contribution in [2.75, 3.05) is 18.4 Å². The number of hydrogen-bond donors (Lipinski definition) is 2. The van der Waals surface area contributed by atoms with E-state index in [2.05, 4.69) is 36.5 Å². The molecule has 1 aromatic carbocycles. The highest BCUT2D eigenvalue weighted by molar-refractivity contribution is 5.45. The molecule has 12 heavy (non-hydrogen) atoms. The molecule has 0 amide bonds. The molecular formula is C10H16N2. The maximum absolute atomic E-state index is 5.38. The van der Waals surface area contributed by atoms with Crippen LogP contribution in [0.2, 0.25) is 0 Å². The largest absolute Gasteiger partial charge is 0.385 e. The molecule has 0 saturated heterocycles. The summed E-state index contributed by atoms with van der Waals surface area (Å²) in [6, 6.07) is 8.36. The van der Waals surface area contributed by atoms with Gasteiger partial charge in [0.2, 0.25) is 0 Å². The van der Waals surface area contributed by atoms with Gasteiger partial charge in [0.1, 0.15) is 0 Å². The van der Waals surface area contributed by atoms with Gasteiger partial charge in [0.25, 0.3) is 0 Å². The molecule has 2 heteroatoms. The number of nitrogens with one attached hydrogen (secondary N) is 1. The second-order valence-electron chi connectivity index (χ2n) is 2.94. The van der Waals surface area contributed by atoms with E-state index in [-0.39, 0.29) is 0 Å². The monoisotopic (exact) mass is 164 g/mol. The third-order valence-electron chi connectivity index (χ3n) is 1.73. The molecule has 0 radical (unpaired) electrons. The first-order chi connectivity index (χ1) is 5.83. The summed E-state index contributed by atoms with van der Waals surface area (Å²) in [5.74, 6) is 0. The summed E-state index contributed by atoms with van der Waals surface area (Å²) in [5.41, 5.74) is 7.85. The number of rotatable bonds is 4. The van der Waals surface area contributed by atoms with Gasteiger partial charge in [-0.3, -0.25) is 0 Å². The molecular weight excluding hydrogens is 148 g/mol. The first-order valence-corrected chi connectivity index (χ1v) is 4.33. The summed E-state index contributed by atoms with van der Waals surface area (Å²) in [7, 11) is 0. The van der Waals surface area contributed by atoms with Crippen LogP contribution in [0.3, 0.4) is 0 Å². The van der Waals surface area contributed by atoms with E-state index in [0.717, 1.165) is 19.5 Å².